The first-order valence-corrected chi connectivity index (χ1v) is 9.62. The molecule has 32 heavy (non-hydrogen) atoms. The van der Waals surface area contributed by atoms with Crippen molar-refractivity contribution in [2.24, 2.45) is 0 Å². The number of carbonyl (C=O) groups excluding carboxylic acids is 1. The van der Waals surface area contributed by atoms with E-state index in [1.807, 2.05) is 27.0 Å². The van der Waals surface area contributed by atoms with E-state index in [1.165, 1.54) is 30.3 Å². The largest absolute Gasteiger partial charge is 0.493 e. The van der Waals surface area contributed by atoms with Crippen molar-refractivity contribution in [1.29, 1.82) is 5.26 Å². The lowest BCUT2D eigenvalue weighted by Crippen LogP contribution is -2.27. The Morgan fingerprint density at radius 2 is 1.97 bits per heavy atom. The highest BCUT2D eigenvalue weighted by molar-refractivity contribution is 6.09. The number of nitriles is 1. The molecule has 3 aromatic rings. The molecule has 0 fully saturated rings. The zero-order valence-corrected chi connectivity index (χ0v) is 18.3. The van der Waals surface area contributed by atoms with Gasteiger partial charge in [-0.1, -0.05) is 32.1 Å². The minimum atomic E-state index is -1.21. The van der Waals surface area contributed by atoms with E-state index in [0.29, 0.717) is 11.4 Å². The van der Waals surface area contributed by atoms with E-state index in [2.05, 4.69) is 15.3 Å². The number of hydrogen-bond donors (Lipinski definition) is 1. The molecule has 3 rings (SSSR count). The quantitative estimate of drug-likeness (QED) is 0.478. The first-order chi connectivity index (χ1) is 15.1. The van der Waals surface area contributed by atoms with Gasteiger partial charge in [-0.3, -0.25) is 9.78 Å². The number of benzene rings is 1. The van der Waals surface area contributed by atoms with E-state index in [0.717, 1.165) is 10.5 Å². The van der Waals surface area contributed by atoms with Crippen LogP contribution in [-0.4, -0.2) is 44.1 Å². The average Bonchev–Trinajstić information content (AvgIpc) is 3.24. The van der Waals surface area contributed by atoms with Crippen LogP contribution >= 0.6 is 0 Å². The topological polar surface area (TPSA) is 134 Å². The van der Waals surface area contributed by atoms with Crippen LogP contribution in [0, 0.1) is 18.4 Å². The highest BCUT2D eigenvalue weighted by Gasteiger charge is 2.25. The summed E-state index contributed by atoms with van der Waals surface area (Å²) >= 11 is 0. The van der Waals surface area contributed by atoms with E-state index in [-0.39, 0.29) is 28.1 Å². The van der Waals surface area contributed by atoms with Crippen molar-refractivity contribution in [3.8, 4) is 17.6 Å². The van der Waals surface area contributed by atoms with Crippen LogP contribution in [-0.2, 0) is 5.41 Å². The number of rotatable bonds is 5. The van der Waals surface area contributed by atoms with Gasteiger partial charge in [0.1, 0.15) is 5.69 Å². The number of carboxylic acid groups (broad SMARTS) is 1. The SMILES string of the molecule is COc1cnc(C(C)(C)C)cc1N(C#N)C(=O)c1ccc(C)c(-n2cc(C(=O)O)nn2)c1. The summed E-state index contributed by atoms with van der Waals surface area (Å²) in [6, 6.07) is 6.45. The number of aromatic nitrogens is 4. The fourth-order valence-corrected chi connectivity index (χ4v) is 2.98. The molecule has 0 saturated heterocycles. The zero-order valence-electron chi connectivity index (χ0n) is 18.3. The van der Waals surface area contributed by atoms with Gasteiger partial charge in [-0.2, -0.15) is 5.26 Å². The summed E-state index contributed by atoms with van der Waals surface area (Å²) in [5, 5.41) is 26.3. The van der Waals surface area contributed by atoms with Crippen molar-refractivity contribution in [1.82, 2.24) is 20.0 Å². The summed E-state index contributed by atoms with van der Waals surface area (Å²) in [6.45, 7) is 7.70. The van der Waals surface area contributed by atoms with Crippen molar-refractivity contribution in [3.05, 3.63) is 59.2 Å². The number of carboxylic acids is 1. The van der Waals surface area contributed by atoms with Crippen molar-refractivity contribution in [2.45, 2.75) is 33.1 Å². The molecule has 0 radical (unpaired) electrons. The molecule has 1 aromatic carbocycles. The van der Waals surface area contributed by atoms with Crippen molar-refractivity contribution in [2.75, 3.05) is 12.0 Å². The Kier molecular flexibility index (Phi) is 5.93. The maximum absolute atomic E-state index is 13.3. The molecule has 2 aromatic heterocycles. The van der Waals surface area contributed by atoms with Crippen LogP contribution < -0.4 is 9.64 Å². The van der Waals surface area contributed by atoms with Crippen LogP contribution in [0.5, 0.6) is 5.75 Å². The Morgan fingerprint density at radius 1 is 1.25 bits per heavy atom. The fourth-order valence-electron chi connectivity index (χ4n) is 2.98. The van der Waals surface area contributed by atoms with Gasteiger partial charge in [-0.25, -0.2) is 14.4 Å². The molecule has 1 amide bonds. The molecule has 0 bridgehead atoms. The normalized spacial score (nSPS) is 11.0. The predicted molar refractivity (Wildman–Crippen MR) is 115 cm³/mol. The number of hydrogen-bond acceptors (Lipinski definition) is 7. The zero-order chi connectivity index (χ0) is 23.6. The molecule has 0 spiro atoms. The summed E-state index contributed by atoms with van der Waals surface area (Å²) in [5.41, 5.74) is 1.84. The lowest BCUT2D eigenvalue weighted by Gasteiger charge is -2.22. The molecule has 0 atom stereocenters. The fraction of sp³-hybridized carbons (Fsp3) is 0.273. The molecule has 0 saturated carbocycles. The number of methoxy groups -OCH3 is 1. The minimum absolute atomic E-state index is 0.204. The van der Waals surface area contributed by atoms with Crippen molar-refractivity contribution >= 4 is 17.6 Å². The van der Waals surface area contributed by atoms with Crippen LogP contribution in [0.2, 0.25) is 0 Å². The molecular weight excluding hydrogens is 412 g/mol. The first-order valence-electron chi connectivity index (χ1n) is 9.62. The summed E-state index contributed by atoms with van der Waals surface area (Å²) in [4.78, 5) is 29.7. The third kappa shape index (κ3) is 4.27. The van der Waals surface area contributed by atoms with Gasteiger partial charge in [-0.05, 0) is 30.7 Å². The van der Waals surface area contributed by atoms with Gasteiger partial charge in [0, 0.05) is 16.7 Å². The monoisotopic (exact) mass is 434 g/mol. The summed E-state index contributed by atoms with van der Waals surface area (Å²) < 4.78 is 6.61. The van der Waals surface area contributed by atoms with Gasteiger partial charge in [0.25, 0.3) is 5.91 Å². The molecule has 0 aliphatic heterocycles. The highest BCUT2D eigenvalue weighted by Crippen LogP contribution is 2.33. The average molecular weight is 434 g/mol. The van der Waals surface area contributed by atoms with Gasteiger partial charge >= 0.3 is 5.97 Å². The number of aromatic carboxylic acids is 1. The second-order valence-electron chi connectivity index (χ2n) is 8.09. The Morgan fingerprint density at radius 3 is 2.53 bits per heavy atom. The van der Waals surface area contributed by atoms with E-state index >= 15 is 0 Å². The van der Waals surface area contributed by atoms with E-state index in [4.69, 9.17) is 9.84 Å². The highest BCUT2D eigenvalue weighted by atomic mass is 16.5. The Labute approximate surface area is 184 Å². The Balaban J connectivity index is 2.06. The number of nitrogens with zero attached hydrogens (tertiary/aromatic N) is 6. The van der Waals surface area contributed by atoms with Gasteiger partial charge in [0.15, 0.2) is 17.6 Å². The molecule has 164 valence electrons. The van der Waals surface area contributed by atoms with Gasteiger partial charge < -0.3 is 9.84 Å². The number of amides is 1. The lowest BCUT2D eigenvalue weighted by atomic mass is 9.91. The van der Waals surface area contributed by atoms with E-state index in [1.54, 1.807) is 25.1 Å². The Hall–Kier alpha value is -4.26. The number of pyridine rings is 1. The van der Waals surface area contributed by atoms with Crippen LogP contribution in [0.3, 0.4) is 0 Å². The second kappa shape index (κ2) is 8.47. The van der Waals surface area contributed by atoms with Crippen LogP contribution in [0.25, 0.3) is 5.69 Å². The summed E-state index contributed by atoms with van der Waals surface area (Å²) in [5.74, 6) is -1.52. The van der Waals surface area contributed by atoms with Gasteiger partial charge in [0.05, 0.1) is 25.2 Å². The standard InChI is InChI=1S/C22H22N6O4/c1-13-6-7-14(8-16(13)28-11-15(21(30)31)25-26-28)20(29)27(12-23)17-9-19(22(2,3)4)24-10-18(17)32-5/h6-11H,1-5H3,(H,30,31). The third-order valence-corrected chi connectivity index (χ3v) is 4.79. The Bertz CT molecular complexity index is 1240. The number of ether oxygens (including phenoxy) is 1. The molecule has 0 aliphatic rings. The van der Waals surface area contributed by atoms with Crippen LogP contribution in [0.15, 0.2) is 36.7 Å². The van der Waals surface area contributed by atoms with Crippen LogP contribution in [0.4, 0.5) is 5.69 Å². The van der Waals surface area contributed by atoms with Crippen molar-refractivity contribution < 1.29 is 19.4 Å². The molecule has 0 unspecified atom stereocenters. The molecule has 1 N–H and O–H groups in total. The first kappa shape index (κ1) is 22.4. The summed E-state index contributed by atoms with van der Waals surface area (Å²) in [7, 11) is 1.44. The molecule has 0 aliphatic carbocycles. The molecule has 10 nitrogen and oxygen atoms in total. The van der Waals surface area contributed by atoms with Crippen molar-refractivity contribution in [3.63, 3.8) is 0 Å². The maximum Gasteiger partial charge on any atom is 0.358 e. The smallest absolute Gasteiger partial charge is 0.358 e. The number of carbonyl (C=O) groups is 2. The van der Waals surface area contributed by atoms with E-state index < -0.39 is 11.9 Å². The molecular formula is C22H22N6O4. The molecule has 10 heteroatoms. The minimum Gasteiger partial charge on any atom is -0.493 e. The van der Waals surface area contributed by atoms with E-state index in [9.17, 15) is 14.9 Å². The number of aryl methyl sites for hydroxylation is 1. The van der Waals surface area contributed by atoms with Gasteiger partial charge in [0.2, 0.25) is 0 Å². The number of anilines is 1. The predicted octanol–water partition coefficient (Wildman–Crippen LogP) is 3.10. The second-order valence-corrected chi connectivity index (χ2v) is 8.09. The maximum atomic E-state index is 13.3. The summed E-state index contributed by atoms with van der Waals surface area (Å²) in [6.07, 6.45) is 4.66. The lowest BCUT2D eigenvalue weighted by molar-refractivity contribution is 0.0690. The molecule has 2 heterocycles. The van der Waals surface area contributed by atoms with Crippen LogP contribution in [0.1, 0.15) is 52.9 Å². The third-order valence-electron chi connectivity index (χ3n) is 4.79. The van der Waals surface area contributed by atoms with Gasteiger partial charge in [-0.15, -0.1) is 5.10 Å².